The highest BCUT2D eigenvalue weighted by Gasteiger charge is 2.21. The molecule has 128 valence electrons. The van der Waals surface area contributed by atoms with Gasteiger partial charge in [0.1, 0.15) is 6.54 Å². The first-order chi connectivity index (χ1) is 11.5. The van der Waals surface area contributed by atoms with Crippen molar-refractivity contribution in [3.63, 3.8) is 0 Å². The number of halogens is 3. The molecule has 0 aliphatic carbocycles. The fraction of sp³-hybridized carbons (Fsp3) is 0.375. The van der Waals surface area contributed by atoms with Crippen molar-refractivity contribution < 1.29 is 4.79 Å². The van der Waals surface area contributed by atoms with Crippen LogP contribution >= 0.6 is 34.8 Å². The molecule has 2 heterocycles. The topological polar surface area (TPSA) is 41.4 Å². The van der Waals surface area contributed by atoms with Crippen molar-refractivity contribution in [1.29, 1.82) is 0 Å². The number of carbonyl (C=O) groups excluding carboxylic acids is 1. The average Bonchev–Trinajstić information content (AvgIpc) is 2.96. The standard InChI is InChI=1S/C16H17Cl3N4O/c17-13-8-20-23(10-13)11-16(24)22-5-3-21(4-6-22)9-12-1-2-14(18)15(19)7-12/h1-2,7-8,10H,3-6,9,11H2. The summed E-state index contributed by atoms with van der Waals surface area (Å²) < 4.78 is 1.56. The first-order valence-corrected chi connectivity index (χ1v) is 8.76. The summed E-state index contributed by atoms with van der Waals surface area (Å²) in [5, 5.41) is 5.71. The molecular formula is C16H17Cl3N4O. The van der Waals surface area contributed by atoms with Crippen molar-refractivity contribution in [1.82, 2.24) is 19.6 Å². The molecule has 0 saturated carbocycles. The second kappa shape index (κ2) is 7.74. The molecule has 1 saturated heterocycles. The molecule has 0 N–H and O–H groups in total. The van der Waals surface area contributed by atoms with Gasteiger partial charge in [0.2, 0.25) is 5.91 Å². The molecule has 1 aromatic heterocycles. The molecule has 5 nitrogen and oxygen atoms in total. The molecule has 24 heavy (non-hydrogen) atoms. The Labute approximate surface area is 155 Å². The minimum atomic E-state index is 0.0592. The molecule has 1 aromatic carbocycles. The van der Waals surface area contributed by atoms with Crippen molar-refractivity contribution in [3.05, 3.63) is 51.2 Å². The number of benzene rings is 1. The molecule has 0 spiro atoms. The zero-order valence-corrected chi connectivity index (χ0v) is 15.2. The average molecular weight is 388 g/mol. The van der Waals surface area contributed by atoms with E-state index in [1.807, 2.05) is 23.1 Å². The van der Waals surface area contributed by atoms with Gasteiger partial charge in [0.15, 0.2) is 0 Å². The Balaban J connectivity index is 1.50. The fourth-order valence-electron chi connectivity index (χ4n) is 2.71. The van der Waals surface area contributed by atoms with Crippen LogP contribution in [-0.2, 0) is 17.9 Å². The summed E-state index contributed by atoms with van der Waals surface area (Å²) in [5.74, 6) is 0.0592. The van der Waals surface area contributed by atoms with Gasteiger partial charge in [-0.2, -0.15) is 5.10 Å². The summed E-state index contributed by atoms with van der Waals surface area (Å²) in [5.41, 5.74) is 1.12. The van der Waals surface area contributed by atoms with Gasteiger partial charge in [0.25, 0.3) is 0 Å². The van der Waals surface area contributed by atoms with Crippen molar-refractivity contribution in [3.8, 4) is 0 Å². The molecule has 0 radical (unpaired) electrons. The van der Waals surface area contributed by atoms with Gasteiger partial charge in [0, 0.05) is 38.9 Å². The Hall–Kier alpha value is -1.27. The van der Waals surface area contributed by atoms with Crippen LogP contribution in [0.2, 0.25) is 15.1 Å². The number of amides is 1. The van der Waals surface area contributed by atoms with E-state index in [-0.39, 0.29) is 12.5 Å². The molecule has 3 rings (SSSR count). The SMILES string of the molecule is O=C(Cn1cc(Cl)cn1)N1CCN(Cc2ccc(Cl)c(Cl)c2)CC1. The largest absolute Gasteiger partial charge is 0.339 e. The normalized spacial score (nSPS) is 15.7. The molecule has 0 atom stereocenters. The monoisotopic (exact) mass is 386 g/mol. The van der Waals surface area contributed by atoms with Crippen LogP contribution in [0.25, 0.3) is 0 Å². The third-order valence-corrected chi connectivity index (χ3v) is 4.95. The van der Waals surface area contributed by atoms with Crippen LogP contribution in [0.15, 0.2) is 30.6 Å². The molecule has 0 bridgehead atoms. The maximum atomic E-state index is 12.3. The maximum Gasteiger partial charge on any atom is 0.244 e. The number of hydrogen-bond acceptors (Lipinski definition) is 3. The number of hydrogen-bond donors (Lipinski definition) is 0. The van der Waals surface area contributed by atoms with E-state index in [1.54, 1.807) is 10.9 Å². The van der Waals surface area contributed by atoms with Gasteiger partial charge < -0.3 is 4.90 Å². The van der Waals surface area contributed by atoms with Crippen LogP contribution in [0.3, 0.4) is 0 Å². The number of carbonyl (C=O) groups is 1. The van der Waals surface area contributed by atoms with Gasteiger partial charge in [-0.15, -0.1) is 0 Å². The van der Waals surface area contributed by atoms with Crippen LogP contribution in [0.1, 0.15) is 5.56 Å². The van der Waals surface area contributed by atoms with E-state index in [2.05, 4.69) is 10.00 Å². The van der Waals surface area contributed by atoms with Crippen LogP contribution in [0, 0.1) is 0 Å². The lowest BCUT2D eigenvalue weighted by atomic mass is 10.2. The Bertz CT molecular complexity index is 726. The van der Waals surface area contributed by atoms with Gasteiger partial charge in [-0.25, -0.2) is 0 Å². The minimum Gasteiger partial charge on any atom is -0.339 e. The summed E-state index contributed by atoms with van der Waals surface area (Å²) in [4.78, 5) is 16.5. The fourth-order valence-corrected chi connectivity index (χ4v) is 3.19. The predicted molar refractivity (Wildman–Crippen MR) is 95.6 cm³/mol. The summed E-state index contributed by atoms with van der Waals surface area (Å²) in [6, 6.07) is 5.68. The van der Waals surface area contributed by atoms with Crippen LogP contribution in [0.4, 0.5) is 0 Å². The lowest BCUT2D eigenvalue weighted by molar-refractivity contribution is -0.133. The van der Waals surface area contributed by atoms with E-state index in [9.17, 15) is 4.79 Å². The third kappa shape index (κ3) is 4.42. The van der Waals surface area contributed by atoms with E-state index in [1.165, 1.54) is 6.20 Å². The van der Waals surface area contributed by atoms with Crippen molar-refractivity contribution in [2.24, 2.45) is 0 Å². The van der Waals surface area contributed by atoms with Gasteiger partial charge in [-0.1, -0.05) is 40.9 Å². The third-order valence-electron chi connectivity index (χ3n) is 4.01. The lowest BCUT2D eigenvalue weighted by Gasteiger charge is -2.34. The van der Waals surface area contributed by atoms with E-state index in [0.717, 1.165) is 25.2 Å². The molecule has 1 aliphatic heterocycles. The van der Waals surface area contributed by atoms with Crippen LogP contribution in [0.5, 0.6) is 0 Å². The van der Waals surface area contributed by atoms with Gasteiger partial charge in [-0.05, 0) is 17.7 Å². The van der Waals surface area contributed by atoms with Crippen molar-refractivity contribution >= 4 is 40.7 Å². The van der Waals surface area contributed by atoms with Crippen LogP contribution < -0.4 is 0 Å². The highest BCUT2D eigenvalue weighted by atomic mass is 35.5. The molecule has 1 aliphatic rings. The van der Waals surface area contributed by atoms with Crippen molar-refractivity contribution in [2.75, 3.05) is 26.2 Å². The van der Waals surface area contributed by atoms with E-state index in [0.29, 0.717) is 28.2 Å². The van der Waals surface area contributed by atoms with E-state index >= 15 is 0 Å². The summed E-state index contributed by atoms with van der Waals surface area (Å²) in [6.07, 6.45) is 3.18. The summed E-state index contributed by atoms with van der Waals surface area (Å²) >= 11 is 17.8. The zero-order chi connectivity index (χ0) is 17.1. The first-order valence-electron chi connectivity index (χ1n) is 7.63. The highest BCUT2D eigenvalue weighted by molar-refractivity contribution is 6.42. The number of nitrogens with zero attached hydrogens (tertiary/aromatic N) is 4. The zero-order valence-electron chi connectivity index (χ0n) is 13.0. The first kappa shape index (κ1) is 17.5. The van der Waals surface area contributed by atoms with Crippen molar-refractivity contribution in [2.45, 2.75) is 13.1 Å². The van der Waals surface area contributed by atoms with E-state index < -0.39 is 0 Å². The number of piperazine rings is 1. The van der Waals surface area contributed by atoms with Gasteiger partial charge >= 0.3 is 0 Å². The number of rotatable bonds is 4. The lowest BCUT2D eigenvalue weighted by Crippen LogP contribution is -2.49. The molecular weight excluding hydrogens is 371 g/mol. The Morgan fingerprint density at radius 2 is 1.83 bits per heavy atom. The Morgan fingerprint density at radius 1 is 1.08 bits per heavy atom. The second-order valence-electron chi connectivity index (χ2n) is 5.76. The molecule has 8 heteroatoms. The quantitative estimate of drug-likeness (QED) is 0.809. The molecule has 1 amide bonds. The maximum absolute atomic E-state index is 12.3. The molecule has 2 aromatic rings. The summed E-state index contributed by atoms with van der Waals surface area (Å²) in [7, 11) is 0. The second-order valence-corrected chi connectivity index (χ2v) is 7.01. The smallest absolute Gasteiger partial charge is 0.244 e. The number of aromatic nitrogens is 2. The minimum absolute atomic E-state index is 0.0592. The molecule has 0 unspecified atom stereocenters. The van der Waals surface area contributed by atoms with Gasteiger partial charge in [0.05, 0.1) is 21.3 Å². The van der Waals surface area contributed by atoms with Gasteiger partial charge in [-0.3, -0.25) is 14.4 Å². The highest BCUT2D eigenvalue weighted by Crippen LogP contribution is 2.23. The van der Waals surface area contributed by atoms with Crippen LogP contribution in [-0.4, -0.2) is 51.7 Å². The van der Waals surface area contributed by atoms with E-state index in [4.69, 9.17) is 34.8 Å². The molecule has 1 fully saturated rings. The Morgan fingerprint density at radius 3 is 2.46 bits per heavy atom. The summed E-state index contributed by atoms with van der Waals surface area (Å²) in [6.45, 7) is 4.08. The Kier molecular flexibility index (Phi) is 5.66. The predicted octanol–water partition coefficient (Wildman–Crippen LogP) is 3.19.